The smallest absolute Gasteiger partial charge is 0.333 e. The first kappa shape index (κ1) is 11.7. The van der Waals surface area contributed by atoms with Crippen molar-refractivity contribution >= 4 is 5.97 Å². The monoisotopic (exact) mass is 222 g/mol. The molecule has 90 valence electrons. The molecule has 0 radical (unpaired) electrons. The summed E-state index contributed by atoms with van der Waals surface area (Å²) in [5, 5.41) is 0. The largest absolute Gasteiger partial charge is 0.455 e. The molecule has 2 nitrogen and oxygen atoms in total. The molecule has 2 aliphatic rings. The summed E-state index contributed by atoms with van der Waals surface area (Å²) in [7, 11) is 0. The molecule has 0 saturated heterocycles. The van der Waals surface area contributed by atoms with E-state index in [1.807, 2.05) is 0 Å². The van der Waals surface area contributed by atoms with Crippen molar-refractivity contribution in [1.82, 2.24) is 0 Å². The van der Waals surface area contributed by atoms with Crippen molar-refractivity contribution in [2.45, 2.75) is 58.5 Å². The van der Waals surface area contributed by atoms with Crippen LogP contribution in [0.2, 0.25) is 0 Å². The van der Waals surface area contributed by atoms with Gasteiger partial charge in [0.2, 0.25) is 0 Å². The topological polar surface area (TPSA) is 26.3 Å². The molecule has 1 atom stereocenters. The second kappa shape index (κ2) is 3.61. The molecule has 0 heterocycles. The fraction of sp³-hybridized carbons (Fsp3) is 0.786. The van der Waals surface area contributed by atoms with Crippen LogP contribution < -0.4 is 0 Å². The predicted molar refractivity (Wildman–Crippen MR) is 64.0 cm³/mol. The Balaban J connectivity index is 2.22. The quantitative estimate of drug-likeness (QED) is 0.540. The maximum absolute atomic E-state index is 11.8. The minimum atomic E-state index is -0.207. The zero-order valence-electron chi connectivity index (χ0n) is 10.6. The summed E-state index contributed by atoms with van der Waals surface area (Å²) < 4.78 is 5.86. The summed E-state index contributed by atoms with van der Waals surface area (Å²) in [6.45, 7) is 9.89. The lowest BCUT2D eigenvalue weighted by Gasteiger charge is -2.41. The Bertz CT molecular complexity index is 326. The van der Waals surface area contributed by atoms with Gasteiger partial charge in [-0.15, -0.1) is 0 Å². The van der Waals surface area contributed by atoms with E-state index >= 15 is 0 Å². The molecule has 2 aliphatic carbocycles. The van der Waals surface area contributed by atoms with Gasteiger partial charge >= 0.3 is 5.97 Å². The van der Waals surface area contributed by atoms with E-state index in [-0.39, 0.29) is 17.0 Å². The highest BCUT2D eigenvalue weighted by molar-refractivity contribution is 5.87. The van der Waals surface area contributed by atoms with E-state index in [0.717, 1.165) is 12.8 Å². The molecule has 0 aromatic heterocycles. The Morgan fingerprint density at radius 3 is 2.31 bits per heavy atom. The van der Waals surface area contributed by atoms with Crippen LogP contribution in [0.3, 0.4) is 0 Å². The van der Waals surface area contributed by atoms with Crippen LogP contribution in [0.25, 0.3) is 0 Å². The molecule has 0 amide bonds. The zero-order valence-corrected chi connectivity index (χ0v) is 10.6. The first-order valence-electron chi connectivity index (χ1n) is 6.28. The molecule has 2 saturated carbocycles. The summed E-state index contributed by atoms with van der Waals surface area (Å²) in [6, 6.07) is 0. The number of carbonyl (C=O) groups excluding carboxylic acids is 1. The maximum Gasteiger partial charge on any atom is 0.333 e. The summed E-state index contributed by atoms with van der Waals surface area (Å²) in [6.07, 6.45) is 5.80. The van der Waals surface area contributed by atoms with Gasteiger partial charge in [0, 0.05) is 11.0 Å². The third-order valence-corrected chi connectivity index (χ3v) is 4.36. The van der Waals surface area contributed by atoms with Crippen molar-refractivity contribution in [3.05, 3.63) is 12.2 Å². The van der Waals surface area contributed by atoms with E-state index in [2.05, 4.69) is 20.4 Å². The van der Waals surface area contributed by atoms with Crippen LogP contribution in [0.4, 0.5) is 0 Å². The van der Waals surface area contributed by atoms with Gasteiger partial charge in [-0.25, -0.2) is 4.79 Å². The number of hydrogen-bond donors (Lipinski definition) is 0. The summed E-state index contributed by atoms with van der Waals surface area (Å²) in [5.41, 5.74) is 0.435. The van der Waals surface area contributed by atoms with Crippen LogP contribution in [-0.2, 0) is 9.53 Å². The molecule has 0 bridgehead atoms. The van der Waals surface area contributed by atoms with Crippen molar-refractivity contribution in [2.24, 2.45) is 11.3 Å². The molecule has 0 aliphatic heterocycles. The van der Waals surface area contributed by atoms with Crippen molar-refractivity contribution in [3.63, 3.8) is 0 Å². The number of esters is 1. The molecule has 0 spiro atoms. The minimum absolute atomic E-state index is 0.124. The van der Waals surface area contributed by atoms with Gasteiger partial charge in [-0.2, -0.15) is 0 Å². The number of ether oxygens (including phenoxy) is 1. The lowest BCUT2D eigenvalue weighted by Crippen LogP contribution is -2.46. The maximum atomic E-state index is 11.8. The van der Waals surface area contributed by atoms with E-state index in [9.17, 15) is 4.79 Å². The molecule has 16 heavy (non-hydrogen) atoms. The highest BCUT2D eigenvalue weighted by atomic mass is 16.6. The zero-order chi connectivity index (χ0) is 12.0. The Morgan fingerprint density at radius 1 is 1.31 bits per heavy atom. The van der Waals surface area contributed by atoms with Gasteiger partial charge in [-0.3, -0.25) is 0 Å². The van der Waals surface area contributed by atoms with Crippen molar-refractivity contribution in [2.75, 3.05) is 0 Å². The lowest BCUT2D eigenvalue weighted by atomic mass is 9.74. The third kappa shape index (κ3) is 1.68. The highest BCUT2D eigenvalue weighted by Gasteiger charge is 2.59. The van der Waals surface area contributed by atoms with Gasteiger partial charge in [-0.05, 0) is 44.9 Å². The first-order chi connectivity index (χ1) is 7.39. The van der Waals surface area contributed by atoms with Crippen LogP contribution in [-0.4, -0.2) is 11.6 Å². The van der Waals surface area contributed by atoms with Gasteiger partial charge in [0.05, 0.1) is 0 Å². The van der Waals surface area contributed by atoms with Crippen molar-refractivity contribution in [3.8, 4) is 0 Å². The van der Waals surface area contributed by atoms with Gasteiger partial charge < -0.3 is 4.74 Å². The van der Waals surface area contributed by atoms with E-state index in [0.29, 0.717) is 11.5 Å². The van der Waals surface area contributed by atoms with E-state index in [1.54, 1.807) is 6.92 Å². The number of rotatable bonds is 3. The molecule has 0 aromatic carbocycles. The molecule has 1 unspecified atom stereocenters. The Morgan fingerprint density at radius 2 is 1.94 bits per heavy atom. The fourth-order valence-corrected chi connectivity index (χ4v) is 3.17. The van der Waals surface area contributed by atoms with Crippen molar-refractivity contribution < 1.29 is 9.53 Å². The number of carbonyl (C=O) groups is 1. The highest BCUT2D eigenvalue weighted by Crippen LogP contribution is 2.59. The van der Waals surface area contributed by atoms with Crippen molar-refractivity contribution in [1.29, 1.82) is 0 Å². The number of hydrogen-bond acceptors (Lipinski definition) is 2. The standard InChI is InChI=1S/C14H22O2/c1-10(2)12(15)16-14(11-6-7-11)9-5-8-13(14,3)4/h11H,1,5-9H2,2-4H3. The minimum Gasteiger partial charge on any atom is -0.455 e. The predicted octanol–water partition coefficient (Wildman–Crippen LogP) is 3.46. The van der Waals surface area contributed by atoms with Crippen LogP contribution in [0.1, 0.15) is 52.9 Å². The Hall–Kier alpha value is -0.790. The normalized spacial score (nSPS) is 32.4. The van der Waals surface area contributed by atoms with E-state index in [4.69, 9.17) is 4.74 Å². The fourth-order valence-electron chi connectivity index (χ4n) is 3.17. The molecule has 2 heteroatoms. The Kier molecular flexibility index (Phi) is 2.64. The summed E-state index contributed by atoms with van der Waals surface area (Å²) in [5.74, 6) is 0.384. The molecule has 2 rings (SSSR count). The molecule has 2 fully saturated rings. The van der Waals surface area contributed by atoms with Crippen LogP contribution in [0.5, 0.6) is 0 Å². The summed E-state index contributed by atoms with van der Waals surface area (Å²) in [4.78, 5) is 11.8. The SMILES string of the molecule is C=C(C)C(=O)OC1(C2CC2)CCCC1(C)C. The van der Waals surface area contributed by atoms with Gasteiger partial charge in [0.25, 0.3) is 0 Å². The first-order valence-corrected chi connectivity index (χ1v) is 6.28. The summed E-state index contributed by atoms with van der Waals surface area (Å²) >= 11 is 0. The van der Waals surface area contributed by atoms with E-state index in [1.165, 1.54) is 19.3 Å². The molecular weight excluding hydrogens is 200 g/mol. The van der Waals surface area contributed by atoms with Crippen LogP contribution in [0, 0.1) is 11.3 Å². The van der Waals surface area contributed by atoms with E-state index < -0.39 is 0 Å². The molecule has 0 aromatic rings. The molecular formula is C14H22O2. The average Bonchev–Trinajstić information content (AvgIpc) is 2.95. The second-order valence-corrected chi connectivity index (χ2v) is 6.07. The van der Waals surface area contributed by atoms with Crippen LogP contribution >= 0.6 is 0 Å². The lowest BCUT2D eigenvalue weighted by molar-refractivity contribution is -0.170. The Labute approximate surface area is 98.1 Å². The van der Waals surface area contributed by atoms with Gasteiger partial charge in [0.1, 0.15) is 5.60 Å². The molecule has 0 N–H and O–H groups in total. The van der Waals surface area contributed by atoms with Crippen LogP contribution in [0.15, 0.2) is 12.2 Å². The average molecular weight is 222 g/mol. The second-order valence-electron chi connectivity index (χ2n) is 6.07. The third-order valence-electron chi connectivity index (χ3n) is 4.36. The van der Waals surface area contributed by atoms with Gasteiger partial charge in [0.15, 0.2) is 0 Å². The van der Waals surface area contributed by atoms with Gasteiger partial charge in [-0.1, -0.05) is 20.4 Å².